The van der Waals surface area contributed by atoms with Gasteiger partial charge in [-0.25, -0.2) is 4.39 Å². The highest BCUT2D eigenvalue weighted by Crippen LogP contribution is 2.37. The Bertz CT molecular complexity index is 400. The van der Waals surface area contributed by atoms with Gasteiger partial charge in [-0.05, 0) is 12.1 Å². The number of nitriles is 1. The number of halogens is 1. The Hall–Kier alpha value is -1.21. The molecule has 0 fully saturated rings. The normalized spacial score (nSPS) is 20.1. The standard InChI is InChI=1S/C10H9FN2S/c1-13-7(5-12)6-14-9-4-2-3-8(11)10(9)13/h2-4,7H,6H2,1H3. The molecule has 1 aromatic rings. The van der Waals surface area contributed by atoms with Crippen molar-refractivity contribution in [3.05, 3.63) is 24.0 Å². The Labute approximate surface area is 86.3 Å². The van der Waals surface area contributed by atoms with E-state index in [2.05, 4.69) is 6.07 Å². The van der Waals surface area contributed by atoms with Gasteiger partial charge in [-0.1, -0.05) is 6.07 Å². The number of thioether (sulfide) groups is 1. The molecule has 1 unspecified atom stereocenters. The lowest BCUT2D eigenvalue weighted by Crippen LogP contribution is -2.36. The lowest BCUT2D eigenvalue weighted by Gasteiger charge is -2.31. The maximum absolute atomic E-state index is 13.5. The number of hydrogen-bond acceptors (Lipinski definition) is 3. The van der Waals surface area contributed by atoms with E-state index in [1.54, 1.807) is 18.0 Å². The molecule has 0 bridgehead atoms. The van der Waals surface area contributed by atoms with E-state index in [-0.39, 0.29) is 11.9 Å². The molecule has 2 rings (SSSR count). The van der Waals surface area contributed by atoms with Gasteiger partial charge in [-0.15, -0.1) is 11.8 Å². The quantitative estimate of drug-likeness (QED) is 0.654. The summed E-state index contributed by atoms with van der Waals surface area (Å²) in [6.07, 6.45) is 0. The summed E-state index contributed by atoms with van der Waals surface area (Å²) in [6.45, 7) is 0. The van der Waals surface area contributed by atoms with Crippen LogP contribution in [0.5, 0.6) is 0 Å². The second kappa shape index (κ2) is 3.50. The first-order chi connectivity index (χ1) is 6.74. The number of nitrogens with zero attached hydrogens (tertiary/aromatic N) is 2. The van der Waals surface area contributed by atoms with Crippen molar-refractivity contribution < 1.29 is 4.39 Å². The molecule has 0 saturated heterocycles. The zero-order chi connectivity index (χ0) is 10.1. The lowest BCUT2D eigenvalue weighted by atomic mass is 10.2. The monoisotopic (exact) mass is 208 g/mol. The van der Waals surface area contributed by atoms with Crippen LogP contribution < -0.4 is 4.90 Å². The second-order valence-electron chi connectivity index (χ2n) is 3.15. The molecule has 0 radical (unpaired) electrons. The molecule has 0 N–H and O–H groups in total. The molecular weight excluding hydrogens is 199 g/mol. The molecule has 1 atom stereocenters. The molecule has 72 valence electrons. The third-order valence-corrected chi connectivity index (χ3v) is 3.44. The van der Waals surface area contributed by atoms with E-state index in [4.69, 9.17) is 5.26 Å². The second-order valence-corrected chi connectivity index (χ2v) is 4.22. The van der Waals surface area contributed by atoms with Crippen LogP contribution in [0.1, 0.15) is 0 Å². The number of anilines is 1. The number of benzene rings is 1. The van der Waals surface area contributed by atoms with Gasteiger partial charge in [-0.3, -0.25) is 0 Å². The van der Waals surface area contributed by atoms with Crippen LogP contribution in [0.3, 0.4) is 0 Å². The van der Waals surface area contributed by atoms with E-state index >= 15 is 0 Å². The van der Waals surface area contributed by atoms with Crippen molar-refractivity contribution in [2.45, 2.75) is 10.9 Å². The molecule has 1 aliphatic rings. The van der Waals surface area contributed by atoms with Gasteiger partial charge in [-0.2, -0.15) is 5.26 Å². The molecule has 0 spiro atoms. The summed E-state index contributed by atoms with van der Waals surface area (Å²) < 4.78 is 13.5. The van der Waals surface area contributed by atoms with E-state index in [0.29, 0.717) is 11.4 Å². The van der Waals surface area contributed by atoms with Crippen LogP contribution in [0.4, 0.5) is 10.1 Å². The Morgan fingerprint density at radius 2 is 2.43 bits per heavy atom. The maximum atomic E-state index is 13.5. The molecule has 1 aliphatic heterocycles. The summed E-state index contributed by atoms with van der Waals surface area (Å²) in [5, 5.41) is 8.85. The third kappa shape index (κ3) is 1.34. The van der Waals surface area contributed by atoms with Crippen LogP contribution in [0.15, 0.2) is 23.1 Å². The summed E-state index contributed by atoms with van der Waals surface area (Å²) in [5.74, 6) is 0.446. The zero-order valence-electron chi connectivity index (χ0n) is 7.70. The van der Waals surface area contributed by atoms with Crippen molar-refractivity contribution >= 4 is 17.4 Å². The highest BCUT2D eigenvalue weighted by atomic mass is 32.2. The Balaban J connectivity index is 2.49. The van der Waals surface area contributed by atoms with Crippen molar-refractivity contribution in [1.82, 2.24) is 0 Å². The molecular formula is C10H9FN2S. The van der Waals surface area contributed by atoms with Gasteiger partial charge in [0, 0.05) is 17.7 Å². The average molecular weight is 208 g/mol. The largest absolute Gasteiger partial charge is 0.355 e. The van der Waals surface area contributed by atoms with Crippen LogP contribution in [-0.2, 0) is 0 Å². The molecule has 0 amide bonds. The fourth-order valence-corrected chi connectivity index (χ4v) is 2.70. The van der Waals surface area contributed by atoms with Crippen molar-refractivity contribution in [1.29, 1.82) is 5.26 Å². The van der Waals surface area contributed by atoms with Crippen molar-refractivity contribution in [2.24, 2.45) is 0 Å². The van der Waals surface area contributed by atoms with Gasteiger partial charge in [0.25, 0.3) is 0 Å². The molecule has 0 saturated carbocycles. The fraction of sp³-hybridized carbons (Fsp3) is 0.300. The highest BCUT2D eigenvalue weighted by Gasteiger charge is 2.25. The van der Waals surface area contributed by atoms with Crippen molar-refractivity contribution in [3.8, 4) is 6.07 Å². The first-order valence-corrected chi connectivity index (χ1v) is 5.26. The van der Waals surface area contributed by atoms with Crippen molar-refractivity contribution in [2.75, 3.05) is 17.7 Å². The minimum Gasteiger partial charge on any atom is -0.355 e. The maximum Gasteiger partial charge on any atom is 0.147 e. The summed E-state index contributed by atoms with van der Waals surface area (Å²) in [4.78, 5) is 2.63. The molecule has 1 aromatic carbocycles. The van der Waals surface area contributed by atoms with Gasteiger partial charge in [0.2, 0.25) is 0 Å². The lowest BCUT2D eigenvalue weighted by molar-refractivity contribution is 0.613. The van der Waals surface area contributed by atoms with Crippen LogP contribution in [0.25, 0.3) is 0 Å². The first-order valence-electron chi connectivity index (χ1n) is 4.28. The zero-order valence-corrected chi connectivity index (χ0v) is 8.51. The smallest absolute Gasteiger partial charge is 0.147 e. The van der Waals surface area contributed by atoms with E-state index < -0.39 is 0 Å². The minimum absolute atomic E-state index is 0.232. The minimum atomic E-state index is -0.252. The molecule has 14 heavy (non-hydrogen) atoms. The van der Waals surface area contributed by atoms with Gasteiger partial charge in [0.05, 0.1) is 11.8 Å². The fourth-order valence-electron chi connectivity index (χ4n) is 1.51. The van der Waals surface area contributed by atoms with Gasteiger partial charge in [0.15, 0.2) is 0 Å². The van der Waals surface area contributed by atoms with Gasteiger partial charge < -0.3 is 4.90 Å². The predicted molar refractivity (Wildman–Crippen MR) is 54.9 cm³/mol. The molecule has 4 heteroatoms. The Kier molecular flexibility index (Phi) is 2.34. The van der Waals surface area contributed by atoms with Crippen LogP contribution in [0.2, 0.25) is 0 Å². The molecule has 2 nitrogen and oxygen atoms in total. The van der Waals surface area contributed by atoms with Crippen LogP contribution in [-0.4, -0.2) is 18.8 Å². The van der Waals surface area contributed by atoms with E-state index in [9.17, 15) is 4.39 Å². The number of rotatable bonds is 0. The summed E-state index contributed by atoms with van der Waals surface area (Å²) in [6, 6.07) is 6.93. The van der Waals surface area contributed by atoms with Crippen LogP contribution in [0, 0.1) is 17.1 Å². The van der Waals surface area contributed by atoms with Crippen molar-refractivity contribution in [3.63, 3.8) is 0 Å². The number of fused-ring (bicyclic) bond motifs is 1. The van der Waals surface area contributed by atoms with Gasteiger partial charge in [0.1, 0.15) is 11.9 Å². The van der Waals surface area contributed by atoms with E-state index in [1.165, 1.54) is 17.8 Å². The topological polar surface area (TPSA) is 27.0 Å². The highest BCUT2D eigenvalue weighted by molar-refractivity contribution is 7.99. The average Bonchev–Trinajstić information content (AvgIpc) is 2.18. The van der Waals surface area contributed by atoms with E-state index in [1.807, 2.05) is 6.07 Å². The summed E-state index contributed by atoms with van der Waals surface area (Å²) in [7, 11) is 1.76. The first kappa shape index (κ1) is 9.35. The molecule has 0 aromatic heterocycles. The molecule has 0 aliphatic carbocycles. The Morgan fingerprint density at radius 3 is 3.14 bits per heavy atom. The summed E-state index contributed by atoms with van der Waals surface area (Å²) in [5.41, 5.74) is 0.551. The van der Waals surface area contributed by atoms with Gasteiger partial charge >= 0.3 is 0 Å². The Morgan fingerprint density at radius 1 is 1.64 bits per heavy atom. The number of para-hydroxylation sites is 1. The molecule has 1 heterocycles. The van der Waals surface area contributed by atoms with Crippen LogP contribution >= 0.6 is 11.8 Å². The predicted octanol–water partition coefficient (Wildman–Crippen LogP) is 2.26. The SMILES string of the molecule is CN1c2c(F)cccc2SCC1C#N. The summed E-state index contributed by atoms with van der Waals surface area (Å²) >= 11 is 1.54. The number of hydrogen-bond donors (Lipinski definition) is 0. The van der Waals surface area contributed by atoms with E-state index in [0.717, 1.165) is 4.90 Å². The third-order valence-electron chi connectivity index (χ3n) is 2.32.